The SMILES string of the molecule is COC(=O)c1cncc(-c2ccc(OCCOC(=O)OC(C)(C)C)nc2)n1. The average molecular weight is 375 g/mol. The van der Waals surface area contributed by atoms with Crippen LogP contribution in [0, 0.1) is 0 Å². The number of pyridine rings is 1. The summed E-state index contributed by atoms with van der Waals surface area (Å²) < 4.78 is 19.9. The van der Waals surface area contributed by atoms with E-state index in [1.807, 2.05) is 0 Å². The molecule has 0 N–H and O–H groups in total. The van der Waals surface area contributed by atoms with Crippen molar-refractivity contribution in [1.29, 1.82) is 0 Å². The van der Waals surface area contributed by atoms with Gasteiger partial charge in [-0.2, -0.15) is 0 Å². The fourth-order valence-electron chi connectivity index (χ4n) is 1.88. The van der Waals surface area contributed by atoms with Gasteiger partial charge in [0.25, 0.3) is 0 Å². The fraction of sp³-hybridized carbons (Fsp3) is 0.389. The van der Waals surface area contributed by atoms with Crippen molar-refractivity contribution in [3.8, 4) is 17.1 Å². The Kier molecular flexibility index (Phi) is 6.64. The minimum Gasteiger partial charge on any atom is -0.474 e. The van der Waals surface area contributed by atoms with Crippen molar-refractivity contribution >= 4 is 12.1 Å². The van der Waals surface area contributed by atoms with Crippen LogP contribution in [-0.4, -0.2) is 53.0 Å². The van der Waals surface area contributed by atoms with E-state index in [9.17, 15) is 9.59 Å². The molecule has 0 aliphatic heterocycles. The first kappa shape index (κ1) is 20.1. The van der Waals surface area contributed by atoms with Gasteiger partial charge < -0.3 is 18.9 Å². The van der Waals surface area contributed by atoms with Crippen LogP contribution in [0.2, 0.25) is 0 Å². The quantitative estimate of drug-likeness (QED) is 0.556. The number of carbonyl (C=O) groups is 2. The second-order valence-corrected chi connectivity index (χ2v) is 6.33. The number of nitrogens with zero attached hydrogens (tertiary/aromatic N) is 3. The zero-order chi connectivity index (χ0) is 19.9. The van der Waals surface area contributed by atoms with Crippen LogP contribution in [0.4, 0.5) is 4.79 Å². The molecular weight excluding hydrogens is 354 g/mol. The molecule has 2 rings (SSSR count). The number of carbonyl (C=O) groups excluding carboxylic acids is 2. The highest BCUT2D eigenvalue weighted by Crippen LogP contribution is 2.18. The van der Waals surface area contributed by atoms with Crippen LogP contribution in [0.5, 0.6) is 5.88 Å². The van der Waals surface area contributed by atoms with Crippen LogP contribution in [-0.2, 0) is 14.2 Å². The van der Waals surface area contributed by atoms with E-state index >= 15 is 0 Å². The molecule has 0 aliphatic carbocycles. The van der Waals surface area contributed by atoms with Crippen molar-refractivity contribution in [3.05, 3.63) is 36.4 Å². The highest BCUT2D eigenvalue weighted by molar-refractivity contribution is 5.87. The zero-order valence-corrected chi connectivity index (χ0v) is 15.6. The van der Waals surface area contributed by atoms with Crippen LogP contribution in [0.3, 0.4) is 0 Å². The third-order valence-electron chi connectivity index (χ3n) is 3.00. The maximum absolute atomic E-state index is 11.5. The molecule has 0 radical (unpaired) electrons. The molecule has 2 aromatic rings. The maximum atomic E-state index is 11.5. The van der Waals surface area contributed by atoms with Crippen molar-refractivity contribution in [2.75, 3.05) is 20.3 Å². The molecule has 0 spiro atoms. The van der Waals surface area contributed by atoms with E-state index in [2.05, 4.69) is 19.7 Å². The Morgan fingerprint density at radius 1 is 1.07 bits per heavy atom. The molecule has 0 saturated heterocycles. The van der Waals surface area contributed by atoms with Gasteiger partial charge in [0.2, 0.25) is 5.88 Å². The number of methoxy groups -OCH3 is 1. The lowest BCUT2D eigenvalue weighted by atomic mass is 10.2. The van der Waals surface area contributed by atoms with E-state index in [-0.39, 0.29) is 18.9 Å². The topological polar surface area (TPSA) is 110 Å². The smallest absolute Gasteiger partial charge is 0.474 e. The summed E-state index contributed by atoms with van der Waals surface area (Å²) in [5.74, 6) is -0.217. The summed E-state index contributed by atoms with van der Waals surface area (Å²) in [6.07, 6.45) is 3.62. The molecule has 0 aromatic carbocycles. The predicted octanol–water partition coefficient (Wildman–Crippen LogP) is 2.66. The molecule has 27 heavy (non-hydrogen) atoms. The van der Waals surface area contributed by atoms with Gasteiger partial charge in [-0.3, -0.25) is 4.98 Å². The number of hydrogen-bond donors (Lipinski definition) is 0. The Bertz CT molecular complexity index is 786. The maximum Gasteiger partial charge on any atom is 0.508 e. The van der Waals surface area contributed by atoms with E-state index in [1.54, 1.807) is 32.9 Å². The molecule has 0 atom stereocenters. The Morgan fingerprint density at radius 2 is 1.85 bits per heavy atom. The fourth-order valence-corrected chi connectivity index (χ4v) is 1.88. The number of aromatic nitrogens is 3. The van der Waals surface area contributed by atoms with Gasteiger partial charge in [0, 0.05) is 17.8 Å². The summed E-state index contributed by atoms with van der Waals surface area (Å²) in [5.41, 5.74) is 0.633. The Morgan fingerprint density at radius 3 is 2.48 bits per heavy atom. The molecule has 0 fully saturated rings. The summed E-state index contributed by atoms with van der Waals surface area (Å²) >= 11 is 0. The molecule has 9 nitrogen and oxygen atoms in total. The van der Waals surface area contributed by atoms with Gasteiger partial charge in [-0.25, -0.2) is 19.6 Å². The van der Waals surface area contributed by atoms with Gasteiger partial charge >= 0.3 is 12.1 Å². The molecular formula is C18H21N3O6. The first-order valence-corrected chi connectivity index (χ1v) is 8.14. The van der Waals surface area contributed by atoms with Crippen LogP contribution < -0.4 is 4.74 Å². The van der Waals surface area contributed by atoms with E-state index in [1.165, 1.54) is 25.7 Å². The molecule has 144 valence electrons. The third kappa shape index (κ3) is 6.53. The van der Waals surface area contributed by atoms with E-state index < -0.39 is 17.7 Å². The molecule has 0 bridgehead atoms. The third-order valence-corrected chi connectivity index (χ3v) is 3.00. The largest absolute Gasteiger partial charge is 0.508 e. The van der Waals surface area contributed by atoms with Gasteiger partial charge in [-0.15, -0.1) is 0 Å². The van der Waals surface area contributed by atoms with Crippen LogP contribution in [0.25, 0.3) is 11.3 Å². The lowest BCUT2D eigenvalue weighted by Gasteiger charge is -2.18. The molecule has 0 aliphatic rings. The molecule has 0 saturated carbocycles. The van der Waals surface area contributed by atoms with Gasteiger partial charge in [-0.05, 0) is 26.8 Å². The summed E-state index contributed by atoms with van der Waals surface area (Å²) in [6, 6.07) is 3.36. The van der Waals surface area contributed by atoms with Crippen LogP contribution in [0.15, 0.2) is 30.7 Å². The number of esters is 1. The monoisotopic (exact) mass is 375 g/mol. The molecule has 2 heterocycles. The van der Waals surface area contributed by atoms with Gasteiger partial charge in [0.1, 0.15) is 18.8 Å². The van der Waals surface area contributed by atoms with E-state index in [0.717, 1.165) is 0 Å². The summed E-state index contributed by atoms with van der Waals surface area (Å²) in [7, 11) is 1.27. The van der Waals surface area contributed by atoms with Crippen molar-refractivity contribution in [3.63, 3.8) is 0 Å². The van der Waals surface area contributed by atoms with Gasteiger partial charge in [-0.1, -0.05) is 0 Å². The van der Waals surface area contributed by atoms with Crippen molar-refractivity contribution in [2.24, 2.45) is 0 Å². The minimum absolute atomic E-state index is 0.0327. The molecule has 0 unspecified atom stereocenters. The minimum atomic E-state index is -0.751. The highest BCUT2D eigenvalue weighted by atomic mass is 16.7. The second kappa shape index (κ2) is 8.93. The lowest BCUT2D eigenvalue weighted by Crippen LogP contribution is -2.25. The number of hydrogen-bond acceptors (Lipinski definition) is 9. The van der Waals surface area contributed by atoms with Crippen molar-refractivity contribution in [2.45, 2.75) is 26.4 Å². The summed E-state index contributed by atoms with van der Waals surface area (Å²) in [5, 5.41) is 0. The standard InChI is InChI=1S/C18H21N3O6/c1-18(2,3)27-17(23)26-8-7-25-15-6-5-12(9-20-15)13-10-19-11-14(21-13)16(22)24-4/h5-6,9-11H,7-8H2,1-4H3. The van der Waals surface area contributed by atoms with Gasteiger partial charge in [0.15, 0.2) is 5.69 Å². The Labute approximate surface area is 156 Å². The zero-order valence-electron chi connectivity index (χ0n) is 15.6. The molecule has 2 aromatic heterocycles. The molecule has 9 heteroatoms. The molecule has 0 amide bonds. The second-order valence-electron chi connectivity index (χ2n) is 6.33. The first-order chi connectivity index (χ1) is 12.8. The van der Waals surface area contributed by atoms with Gasteiger partial charge in [0.05, 0.1) is 25.2 Å². The summed E-state index contributed by atoms with van der Waals surface area (Å²) in [6.45, 7) is 5.42. The number of rotatable bonds is 6. The summed E-state index contributed by atoms with van der Waals surface area (Å²) in [4.78, 5) is 35.2. The highest BCUT2D eigenvalue weighted by Gasteiger charge is 2.17. The van der Waals surface area contributed by atoms with Crippen LogP contribution in [0.1, 0.15) is 31.3 Å². The van der Waals surface area contributed by atoms with Crippen molar-refractivity contribution in [1.82, 2.24) is 15.0 Å². The van der Waals surface area contributed by atoms with Crippen molar-refractivity contribution < 1.29 is 28.5 Å². The van der Waals surface area contributed by atoms with Crippen LogP contribution >= 0.6 is 0 Å². The Hall–Kier alpha value is -3.23. The number of ether oxygens (including phenoxy) is 4. The van der Waals surface area contributed by atoms with E-state index in [4.69, 9.17) is 14.2 Å². The first-order valence-electron chi connectivity index (χ1n) is 8.14. The average Bonchev–Trinajstić information content (AvgIpc) is 2.64. The van der Waals surface area contributed by atoms with E-state index in [0.29, 0.717) is 17.1 Å². The predicted molar refractivity (Wildman–Crippen MR) is 94.3 cm³/mol. The lowest BCUT2D eigenvalue weighted by molar-refractivity contribution is -0.0115. The Balaban J connectivity index is 1.87. The normalized spacial score (nSPS) is 10.8.